The topological polar surface area (TPSA) is 35.2 Å². The maximum Gasteiger partial charge on any atom is 0.120 e. The second kappa shape index (κ2) is 6.95. The third kappa shape index (κ3) is 4.76. The fourth-order valence-corrected chi connectivity index (χ4v) is 1.93. The first-order valence-corrected chi connectivity index (χ1v) is 6.75. The monoisotopic (exact) mass is 255 g/mol. The summed E-state index contributed by atoms with van der Waals surface area (Å²) in [5, 5.41) is 0. The fourth-order valence-electron chi connectivity index (χ4n) is 1.93. The minimum atomic E-state index is 0.244. The van der Waals surface area contributed by atoms with Crippen molar-refractivity contribution < 1.29 is 4.74 Å². The zero-order valence-electron chi connectivity index (χ0n) is 11.4. The van der Waals surface area contributed by atoms with Gasteiger partial charge in [-0.3, -0.25) is 0 Å². The number of aryl methyl sites for hydroxylation is 1. The first-order valence-electron chi connectivity index (χ1n) is 6.75. The van der Waals surface area contributed by atoms with Crippen LogP contribution in [-0.4, -0.2) is 6.04 Å². The Morgan fingerprint density at radius 3 is 2.47 bits per heavy atom. The van der Waals surface area contributed by atoms with E-state index in [1.807, 2.05) is 37.3 Å². The normalized spacial score (nSPS) is 12.1. The van der Waals surface area contributed by atoms with Crippen molar-refractivity contribution in [2.75, 3.05) is 0 Å². The van der Waals surface area contributed by atoms with Gasteiger partial charge in [-0.2, -0.15) is 0 Å². The van der Waals surface area contributed by atoms with Crippen LogP contribution in [0.15, 0.2) is 54.6 Å². The summed E-state index contributed by atoms with van der Waals surface area (Å²) in [6.07, 6.45) is 2.00. The standard InChI is InChI=1S/C17H21NO/c1-14(18)10-11-15-8-5-9-17(12-15)19-13-16-6-3-2-4-7-16/h2-9,12,14H,10-11,13,18H2,1H3. The van der Waals surface area contributed by atoms with Crippen LogP contribution in [0, 0.1) is 0 Å². The van der Waals surface area contributed by atoms with Gasteiger partial charge in [-0.15, -0.1) is 0 Å². The van der Waals surface area contributed by atoms with Crippen LogP contribution in [0.5, 0.6) is 5.75 Å². The molecule has 0 aromatic heterocycles. The third-order valence-electron chi connectivity index (χ3n) is 3.04. The molecule has 1 atom stereocenters. The molecule has 2 rings (SSSR count). The van der Waals surface area contributed by atoms with Gasteiger partial charge in [-0.25, -0.2) is 0 Å². The summed E-state index contributed by atoms with van der Waals surface area (Å²) in [6.45, 7) is 2.65. The van der Waals surface area contributed by atoms with E-state index in [0.717, 1.165) is 18.6 Å². The smallest absolute Gasteiger partial charge is 0.120 e. The van der Waals surface area contributed by atoms with Gasteiger partial charge in [0, 0.05) is 6.04 Å². The molecular formula is C17H21NO. The lowest BCUT2D eigenvalue weighted by molar-refractivity contribution is 0.306. The molecule has 0 saturated heterocycles. The van der Waals surface area contributed by atoms with Crippen LogP contribution in [0.4, 0.5) is 0 Å². The van der Waals surface area contributed by atoms with Gasteiger partial charge in [0.05, 0.1) is 0 Å². The summed E-state index contributed by atoms with van der Waals surface area (Å²) < 4.78 is 5.81. The Balaban J connectivity index is 1.91. The summed E-state index contributed by atoms with van der Waals surface area (Å²) in [5.74, 6) is 0.922. The second-order valence-corrected chi connectivity index (χ2v) is 4.94. The highest BCUT2D eigenvalue weighted by atomic mass is 16.5. The van der Waals surface area contributed by atoms with Gasteiger partial charge in [0.25, 0.3) is 0 Å². The molecule has 1 unspecified atom stereocenters. The van der Waals surface area contributed by atoms with Gasteiger partial charge in [0.15, 0.2) is 0 Å². The van der Waals surface area contributed by atoms with Crippen molar-refractivity contribution in [1.29, 1.82) is 0 Å². The SMILES string of the molecule is CC(N)CCc1cccc(OCc2ccccc2)c1. The summed E-state index contributed by atoms with van der Waals surface area (Å²) in [7, 11) is 0. The quantitative estimate of drug-likeness (QED) is 0.856. The lowest BCUT2D eigenvalue weighted by atomic mass is 10.1. The summed E-state index contributed by atoms with van der Waals surface area (Å²) in [5.41, 5.74) is 8.25. The average Bonchev–Trinajstić information content (AvgIpc) is 2.44. The Bertz CT molecular complexity index is 494. The van der Waals surface area contributed by atoms with E-state index in [1.54, 1.807) is 0 Å². The lowest BCUT2D eigenvalue weighted by Gasteiger charge is -2.09. The van der Waals surface area contributed by atoms with Crippen LogP contribution < -0.4 is 10.5 Å². The maximum atomic E-state index is 5.81. The molecule has 0 amide bonds. The van der Waals surface area contributed by atoms with Crippen LogP contribution in [0.1, 0.15) is 24.5 Å². The number of rotatable bonds is 6. The molecule has 0 spiro atoms. The molecule has 100 valence electrons. The second-order valence-electron chi connectivity index (χ2n) is 4.94. The molecule has 0 heterocycles. The van der Waals surface area contributed by atoms with Crippen LogP contribution in [0.3, 0.4) is 0 Å². The molecule has 0 fully saturated rings. The Kier molecular flexibility index (Phi) is 4.99. The van der Waals surface area contributed by atoms with E-state index in [2.05, 4.69) is 24.3 Å². The molecule has 0 bridgehead atoms. The molecule has 2 aromatic rings. The van der Waals surface area contributed by atoms with Gasteiger partial charge >= 0.3 is 0 Å². The van der Waals surface area contributed by atoms with Gasteiger partial charge < -0.3 is 10.5 Å². The van der Waals surface area contributed by atoms with Crippen molar-refractivity contribution in [1.82, 2.24) is 0 Å². The Hall–Kier alpha value is -1.80. The van der Waals surface area contributed by atoms with Crippen molar-refractivity contribution in [3.8, 4) is 5.75 Å². The van der Waals surface area contributed by atoms with E-state index in [4.69, 9.17) is 10.5 Å². The molecule has 0 aliphatic carbocycles. The molecule has 0 radical (unpaired) electrons. The Morgan fingerprint density at radius 1 is 1.00 bits per heavy atom. The highest BCUT2D eigenvalue weighted by Crippen LogP contribution is 2.16. The van der Waals surface area contributed by atoms with Crippen LogP contribution in [-0.2, 0) is 13.0 Å². The maximum absolute atomic E-state index is 5.81. The molecule has 0 aliphatic heterocycles. The van der Waals surface area contributed by atoms with Crippen molar-refractivity contribution in [3.05, 3.63) is 65.7 Å². The number of hydrogen-bond donors (Lipinski definition) is 1. The predicted octanol–water partition coefficient (Wildman–Crippen LogP) is 3.55. The molecule has 2 heteroatoms. The third-order valence-corrected chi connectivity index (χ3v) is 3.04. The number of nitrogens with two attached hydrogens (primary N) is 1. The predicted molar refractivity (Wildman–Crippen MR) is 79.2 cm³/mol. The minimum absolute atomic E-state index is 0.244. The molecule has 2 N–H and O–H groups in total. The highest BCUT2D eigenvalue weighted by molar-refractivity contribution is 5.29. The zero-order valence-corrected chi connectivity index (χ0v) is 11.4. The molecule has 2 nitrogen and oxygen atoms in total. The lowest BCUT2D eigenvalue weighted by Crippen LogP contribution is -2.15. The number of benzene rings is 2. The van der Waals surface area contributed by atoms with Crippen LogP contribution >= 0.6 is 0 Å². The van der Waals surface area contributed by atoms with Crippen molar-refractivity contribution in [2.24, 2.45) is 5.73 Å². The van der Waals surface area contributed by atoms with Crippen molar-refractivity contribution in [2.45, 2.75) is 32.4 Å². The largest absolute Gasteiger partial charge is 0.489 e. The Labute approximate surface area is 115 Å². The molecule has 0 aliphatic rings. The molecule has 19 heavy (non-hydrogen) atoms. The zero-order chi connectivity index (χ0) is 13.5. The first-order chi connectivity index (χ1) is 9.24. The van der Waals surface area contributed by atoms with Crippen molar-refractivity contribution >= 4 is 0 Å². The molecule has 2 aromatic carbocycles. The van der Waals surface area contributed by atoms with E-state index in [-0.39, 0.29) is 6.04 Å². The average molecular weight is 255 g/mol. The first kappa shape index (κ1) is 13.6. The van der Waals surface area contributed by atoms with E-state index >= 15 is 0 Å². The number of hydrogen-bond acceptors (Lipinski definition) is 2. The number of ether oxygens (including phenoxy) is 1. The summed E-state index contributed by atoms with van der Waals surface area (Å²) >= 11 is 0. The van der Waals surface area contributed by atoms with E-state index < -0.39 is 0 Å². The van der Waals surface area contributed by atoms with Gasteiger partial charge in [0.1, 0.15) is 12.4 Å². The van der Waals surface area contributed by atoms with Gasteiger partial charge in [-0.05, 0) is 43.0 Å². The van der Waals surface area contributed by atoms with Crippen LogP contribution in [0.25, 0.3) is 0 Å². The van der Waals surface area contributed by atoms with E-state index in [1.165, 1.54) is 11.1 Å². The fraction of sp³-hybridized carbons (Fsp3) is 0.294. The van der Waals surface area contributed by atoms with Gasteiger partial charge in [-0.1, -0.05) is 42.5 Å². The minimum Gasteiger partial charge on any atom is -0.489 e. The van der Waals surface area contributed by atoms with E-state index in [0.29, 0.717) is 6.61 Å². The molecular weight excluding hydrogens is 234 g/mol. The molecule has 0 saturated carbocycles. The summed E-state index contributed by atoms with van der Waals surface area (Å²) in [6, 6.07) is 18.7. The summed E-state index contributed by atoms with van der Waals surface area (Å²) in [4.78, 5) is 0. The van der Waals surface area contributed by atoms with Crippen molar-refractivity contribution in [3.63, 3.8) is 0 Å². The Morgan fingerprint density at radius 2 is 1.74 bits per heavy atom. The van der Waals surface area contributed by atoms with E-state index in [9.17, 15) is 0 Å². The van der Waals surface area contributed by atoms with Gasteiger partial charge in [0.2, 0.25) is 0 Å². The highest BCUT2D eigenvalue weighted by Gasteiger charge is 2.00. The van der Waals surface area contributed by atoms with Crippen LogP contribution in [0.2, 0.25) is 0 Å².